The third-order valence-electron chi connectivity index (χ3n) is 1.71. The number of carboxylic acid groups (broad SMARTS) is 1. The van der Waals surface area contributed by atoms with Gasteiger partial charge in [0.15, 0.2) is 11.3 Å². The van der Waals surface area contributed by atoms with Crippen molar-refractivity contribution in [1.82, 2.24) is 0 Å². The number of thiol groups is 2. The average molecular weight is 224 g/mol. The number of carbonyl (C=O) groups excluding carboxylic acids is 1. The van der Waals surface area contributed by atoms with Crippen LogP contribution < -0.4 is 11.5 Å². The number of hydrogen-bond acceptors (Lipinski definition) is 6. The SMILES string of the molecule is CC(N)C(N)(C(=O)O)C(=O)C(S)S. The van der Waals surface area contributed by atoms with Crippen molar-refractivity contribution in [3.63, 3.8) is 0 Å². The van der Waals surface area contributed by atoms with Crippen molar-refractivity contribution in [3.8, 4) is 0 Å². The number of carboxylic acids is 1. The highest BCUT2D eigenvalue weighted by Gasteiger charge is 2.47. The van der Waals surface area contributed by atoms with Gasteiger partial charge in [-0.15, -0.1) is 0 Å². The highest BCUT2D eigenvalue weighted by Crippen LogP contribution is 2.15. The van der Waals surface area contributed by atoms with Crippen molar-refractivity contribution in [3.05, 3.63) is 0 Å². The van der Waals surface area contributed by atoms with Crippen LogP contribution in [0, 0.1) is 0 Å². The van der Waals surface area contributed by atoms with Crippen molar-refractivity contribution in [2.75, 3.05) is 0 Å². The third kappa shape index (κ3) is 2.37. The maximum Gasteiger partial charge on any atom is 0.333 e. The summed E-state index contributed by atoms with van der Waals surface area (Å²) >= 11 is 7.38. The Morgan fingerprint density at radius 1 is 1.46 bits per heavy atom. The molecule has 0 rings (SSSR count). The van der Waals surface area contributed by atoms with Gasteiger partial charge in [-0.25, -0.2) is 4.79 Å². The Kier molecular flexibility index (Phi) is 4.24. The van der Waals surface area contributed by atoms with Crippen LogP contribution in [-0.4, -0.2) is 33.0 Å². The lowest BCUT2D eigenvalue weighted by Gasteiger charge is -2.27. The molecule has 0 fully saturated rings. The van der Waals surface area contributed by atoms with Crippen LogP contribution in [0.2, 0.25) is 0 Å². The van der Waals surface area contributed by atoms with E-state index in [1.165, 1.54) is 6.92 Å². The van der Waals surface area contributed by atoms with E-state index in [1.54, 1.807) is 0 Å². The van der Waals surface area contributed by atoms with Crippen LogP contribution >= 0.6 is 25.3 Å². The van der Waals surface area contributed by atoms with Crippen molar-refractivity contribution in [1.29, 1.82) is 0 Å². The van der Waals surface area contributed by atoms with E-state index in [2.05, 4.69) is 25.3 Å². The molecule has 0 radical (unpaired) electrons. The predicted octanol–water partition coefficient (Wildman–Crippen LogP) is -1.13. The maximum atomic E-state index is 11.3. The lowest BCUT2D eigenvalue weighted by Crippen LogP contribution is -2.66. The minimum Gasteiger partial charge on any atom is -0.479 e. The fourth-order valence-corrected chi connectivity index (χ4v) is 1.17. The number of ketones is 1. The van der Waals surface area contributed by atoms with E-state index >= 15 is 0 Å². The molecule has 0 aliphatic carbocycles. The van der Waals surface area contributed by atoms with E-state index in [1.807, 2.05) is 0 Å². The normalized spacial score (nSPS) is 18.0. The van der Waals surface area contributed by atoms with Gasteiger partial charge in [-0.05, 0) is 6.92 Å². The molecule has 0 aromatic rings. The molecule has 5 N–H and O–H groups in total. The highest BCUT2D eigenvalue weighted by atomic mass is 32.2. The summed E-state index contributed by atoms with van der Waals surface area (Å²) in [4.78, 5) is 22.0. The Bertz CT molecular complexity index is 232. The van der Waals surface area contributed by atoms with Crippen LogP contribution in [0.4, 0.5) is 0 Å². The third-order valence-corrected chi connectivity index (χ3v) is 2.18. The van der Waals surface area contributed by atoms with Gasteiger partial charge in [0, 0.05) is 6.04 Å². The van der Waals surface area contributed by atoms with Gasteiger partial charge in [-0.1, -0.05) is 0 Å². The molecule has 0 aromatic heterocycles. The van der Waals surface area contributed by atoms with E-state index in [-0.39, 0.29) is 0 Å². The first-order chi connectivity index (χ1) is 5.74. The molecule has 2 atom stereocenters. The zero-order valence-corrected chi connectivity index (χ0v) is 8.76. The molecule has 0 saturated heterocycles. The molecule has 7 heteroatoms. The zero-order chi connectivity index (χ0) is 10.8. The fourth-order valence-electron chi connectivity index (χ4n) is 0.738. The number of aliphatic carboxylic acids is 1. The molecule has 5 nitrogen and oxygen atoms in total. The van der Waals surface area contributed by atoms with Crippen LogP contribution in [0.15, 0.2) is 0 Å². The second-order valence-electron chi connectivity index (χ2n) is 2.70. The molecule has 0 aromatic carbocycles. The van der Waals surface area contributed by atoms with Crippen molar-refractivity contribution >= 4 is 37.0 Å². The summed E-state index contributed by atoms with van der Waals surface area (Å²) in [7, 11) is 0. The predicted molar refractivity (Wildman–Crippen MR) is 55.0 cm³/mol. The molecule has 0 aliphatic rings. The summed E-state index contributed by atoms with van der Waals surface area (Å²) in [5.41, 5.74) is 8.56. The lowest BCUT2D eigenvalue weighted by atomic mass is 9.89. The van der Waals surface area contributed by atoms with E-state index in [0.717, 1.165) is 0 Å². The first-order valence-electron chi connectivity index (χ1n) is 3.42. The summed E-state index contributed by atoms with van der Waals surface area (Å²) < 4.78 is -1.05. The summed E-state index contributed by atoms with van der Waals surface area (Å²) in [5.74, 6) is -2.29. The molecule has 0 bridgehead atoms. The summed E-state index contributed by atoms with van der Waals surface area (Å²) in [5, 5.41) is 8.73. The smallest absolute Gasteiger partial charge is 0.333 e. The van der Waals surface area contributed by atoms with Crippen LogP contribution in [0.1, 0.15) is 6.92 Å². The fraction of sp³-hybridized carbons (Fsp3) is 0.667. The molecule has 2 unspecified atom stereocenters. The van der Waals surface area contributed by atoms with Crippen LogP contribution in [0.25, 0.3) is 0 Å². The van der Waals surface area contributed by atoms with Crippen molar-refractivity contribution < 1.29 is 14.7 Å². The summed E-state index contributed by atoms with van der Waals surface area (Å²) in [6, 6.07) is -1.00. The van der Waals surface area contributed by atoms with Gasteiger partial charge in [0.2, 0.25) is 0 Å². The molecule has 0 saturated carbocycles. The molecule has 0 spiro atoms. The molecule has 0 aliphatic heterocycles. The summed E-state index contributed by atoms with van der Waals surface area (Å²) in [6.07, 6.45) is 0. The minimum absolute atomic E-state index is 0.818. The first kappa shape index (κ1) is 12.8. The zero-order valence-electron chi connectivity index (χ0n) is 6.97. The topological polar surface area (TPSA) is 106 Å². The van der Waals surface area contributed by atoms with Gasteiger partial charge < -0.3 is 16.6 Å². The monoisotopic (exact) mass is 224 g/mol. The Morgan fingerprint density at radius 2 is 1.85 bits per heavy atom. The van der Waals surface area contributed by atoms with Gasteiger partial charge in [0.05, 0.1) is 0 Å². The summed E-state index contributed by atoms with van der Waals surface area (Å²) in [6.45, 7) is 1.34. The van der Waals surface area contributed by atoms with Gasteiger partial charge in [-0.3, -0.25) is 4.79 Å². The van der Waals surface area contributed by atoms with E-state index in [0.29, 0.717) is 0 Å². The second-order valence-corrected chi connectivity index (χ2v) is 4.14. The van der Waals surface area contributed by atoms with Crippen molar-refractivity contribution in [2.24, 2.45) is 11.5 Å². The molecule has 0 amide bonds. The van der Waals surface area contributed by atoms with Crippen LogP contribution in [0.3, 0.4) is 0 Å². The molecule has 13 heavy (non-hydrogen) atoms. The number of hydrogen-bond donors (Lipinski definition) is 5. The number of Topliss-reactive ketones (excluding diaryl/α,β-unsaturated/α-hetero) is 1. The van der Waals surface area contributed by atoms with Crippen LogP contribution in [0.5, 0.6) is 0 Å². The van der Waals surface area contributed by atoms with Gasteiger partial charge in [0.25, 0.3) is 0 Å². The quantitative estimate of drug-likeness (QED) is 0.236. The lowest BCUT2D eigenvalue weighted by molar-refractivity contribution is -0.148. The number of nitrogens with two attached hydrogens (primary N) is 2. The van der Waals surface area contributed by atoms with Crippen LogP contribution in [-0.2, 0) is 9.59 Å². The minimum atomic E-state index is -2.12. The molecular formula is C6H12N2O3S2. The van der Waals surface area contributed by atoms with Crippen molar-refractivity contribution in [2.45, 2.75) is 23.1 Å². The number of rotatable bonds is 4. The Morgan fingerprint density at radius 3 is 1.92 bits per heavy atom. The average Bonchev–Trinajstić information content (AvgIpc) is 2.00. The van der Waals surface area contributed by atoms with E-state index < -0.39 is 27.9 Å². The van der Waals surface area contributed by atoms with E-state index in [4.69, 9.17) is 16.6 Å². The largest absolute Gasteiger partial charge is 0.479 e. The standard InChI is InChI=1S/C6H12N2O3S2/c1-2(7)6(8,5(10)11)3(9)4(12)13/h2,4,12-13H,7-8H2,1H3,(H,10,11). The molecular weight excluding hydrogens is 212 g/mol. The van der Waals surface area contributed by atoms with Gasteiger partial charge in [0.1, 0.15) is 4.58 Å². The Labute approximate surface area is 86.7 Å². The second kappa shape index (κ2) is 4.32. The highest BCUT2D eigenvalue weighted by molar-refractivity contribution is 8.00. The molecule has 76 valence electrons. The maximum absolute atomic E-state index is 11.3. The van der Waals surface area contributed by atoms with E-state index in [9.17, 15) is 9.59 Å². The molecule has 0 heterocycles. The Balaban J connectivity index is 5.02. The first-order valence-corrected chi connectivity index (χ1v) is 4.46. The number of carbonyl (C=O) groups is 2. The van der Waals surface area contributed by atoms with Gasteiger partial charge >= 0.3 is 5.97 Å². The van der Waals surface area contributed by atoms with Gasteiger partial charge in [-0.2, -0.15) is 25.3 Å². The Hall–Kier alpha value is -0.240.